The summed E-state index contributed by atoms with van der Waals surface area (Å²) in [7, 11) is 1.77. The number of piperidine rings is 1. The molecular weight excluding hydrogens is 474 g/mol. The summed E-state index contributed by atoms with van der Waals surface area (Å²) in [6.07, 6.45) is 6.23. The fourth-order valence-electron chi connectivity index (χ4n) is 5.00. The van der Waals surface area contributed by atoms with Gasteiger partial charge in [-0.05, 0) is 63.4 Å². The Hall–Kier alpha value is -3.44. The molecule has 0 unspecified atom stereocenters. The quantitative estimate of drug-likeness (QED) is 0.399. The lowest BCUT2D eigenvalue weighted by Crippen LogP contribution is -2.58. The first-order chi connectivity index (χ1) is 18.0. The van der Waals surface area contributed by atoms with E-state index in [0.717, 1.165) is 44.6 Å². The van der Waals surface area contributed by atoms with Crippen LogP contribution < -0.4 is 30.5 Å². The summed E-state index contributed by atoms with van der Waals surface area (Å²) in [6, 6.07) is 5.32. The molecule has 198 valence electrons. The number of likely N-dealkylation sites (N-methyl/N-ethyl adjacent to an activating group) is 1. The van der Waals surface area contributed by atoms with Crippen LogP contribution in [0.5, 0.6) is 5.75 Å². The van der Waals surface area contributed by atoms with Crippen molar-refractivity contribution in [2.75, 3.05) is 48.5 Å². The monoisotopic (exact) mass is 509 g/mol. The number of amides is 2. The normalized spacial score (nSPS) is 20.0. The van der Waals surface area contributed by atoms with Gasteiger partial charge in [-0.2, -0.15) is 4.98 Å². The van der Waals surface area contributed by atoms with E-state index in [1.54, 1.807) is 36.3 Å². The molecule has 4 N–H and O–H groups in total. The number of hydrogen-bond donors (Lipinski definition) is 4. The number of aliphatic hydroxyl groups excluding tert-OH is 1. The second-order valence-corrected chi connectivity index (χ2v) is 9.77. The van der Waals surface area contributed by atoms with E-state index >= 15 is 0 Å². The van der Waals surface area contributed by atoms with Gasteiger partial charge in [0.1, 0.15) is 24.1 Å². The van der Waals surface area contributed by atoms with Crippen molar-refractivity contribution in [3.05, 3.63) is 30.0 Å². The summed E-state index contributed by atoms with van der Waals surface area (Å²) in [5.74, 6) is 1.42. The van der Waals surface area contributed by atoms with Gasteiger partial charge < -0.3 is 35.6 Å². The average Bonchev–Trinajstić information content (AvgIpc) is 3.74. The van der Waals surface area contributed by atoms with E-state index < -0.39 is 0 Å². The maximum Gasteiger partial charge on any atom is 0.251 e. The smallest absolute Gasteiger partial charge is 0.251 e. The molecule has 1 saturated heterocycles. The Bertz CT molecular complexity index is 1150. The number of ether oxygens (including phenoxy) is 1. The van der Waals surface area contributed by atoms with Gasteiger partial charge in [0.05, 0.1) is 18.5 Å². The molecule has 3 aliphatic rings. The minimum Gasteiger partial charge on any atom is -0.489 e. The highest BCUT2D eigenvalue weighted by atomic mass is 16.5. The van der Waals surface area contributed by atoms with E-state index in [9.17, 15) is 14.7 Å². The van der Waals surface area contributed by atoms with Gasteiger partial charge in [-0.3, -0.25) is 9.59 Å². The molecule has 37 heavy (non-hydrogen) atoms. The van der Waals surface area contributed by atoms with Crippen LogP contribution in [0.15, 0.2) is 24.4 Å². The first kappa shape index (κ1) is 25.2. The molecule has 2 amide bonds. The number of anilines is 4. The lowest BCUT2D eigenvalue weighted by molar-refractivity contribution is -0.120. The van der Waals surface area contributed by atoms with Crippen LogP contribution in [0, 0.1) is 0 Å². The third kappa shape index (κ3) is 5.33. The lowest BCUT2D eigenvalue weighted by Gasteiger charge is -2.45. The minimum atomic E-state index is -0.281. The fourth-order valence-corrected chi connectivity index (χ4v) is 5.00. The van der Waals surface area contributed by atoms with Crippen molar-refractivity contribution >= 4 is 35.0 Å². The minimum absolute atomic E-state index is 0.0533. The van der Waals surface area contributed by atoms with Crippen molar-refractivity contribution < 1.29 is 19.4 Å². The average molecular weight is 510 g/mol. The Balaban J connectivity index is 1.46. The summed E-state index contributed by atoms with van der Waals surface area (Å²) < 4.78 is 5.75. The Morgan fingerprint density at radius 2 is 2.03 bits per heavy atom. The van der Waals surface area contributed by atoms with Crippen LogP contribution in [0.25, 0.3) is 0 Å². The third-order valence-electron chi connectivity index (χ3n) is 7.15. The molecule has 1 atom stereocenters. The Labute approximate surface area is 216 Å². The first-order valence-electron chi connectivity index (χ1n) is 13.1. The van der Waals surface area contributed by atoms with Crippen LogP contribution in [-0.2, 0) is 4.79 Å². The van der Waals surface area contributed by atoms with Gasteiger partial charge >= 0.3 is 0 Å². The van der Waals surface area contributed by atoms with Crippen LogP contribution in [0.2, 0.25) is 0 Å². The molecule has 2 aliphatic heterocycles. The van der Waals surface area contributed by atoms with Crippen LogP contribution in [-0.4, -0.2) is 78.4 Å². The Morgan fingerprint density at radius 3 is 2.73 bits per heavy atom. The predicted molar refractivity (Wildman–Crippen MR) is 141 cm³/mol. The maximum atomic E-state index is 13.2. The number of nitrogens with one attached hydrogen (secondary N) is 3. The topological polar surface area (TPSA) is 132 Å². The molecular formula is C26H35N7O4. The Kier molecular flexibility index (Phi) is 7.43. The zero-order valence-electron chi connectivity index (χ0n) is 21.4. The molecule has 11 nitrogen and oxygen atoms in total. The number of hydrogen-bond acceptors (Lipinski definition) is 9. The second-order valence-electron chi connectivity index (χ2n) is 9.77. The Morgan fingerprint density at radius 1 is 1.24 bits per heavy atom. The van der Waals surface area contributed by atoms with E-state index in [2.05, 4.69) is 25.8 Å². The summed E-state index contributed by atoms with van der Waals surface area (Å²) in [5.41, 5.74) is 1.75. The molecule has 0 spiro atoms. The molecule has 2 aromatic rings. The zero-order valence-corrected chi connectivity index (χ0v) is 21.4. The van der Waals surface area contributed by atoms with Crippen molar-refractivity contribution in [3.8, 4) is 5.75 Å². The highest BCUT2D eigenvalue weighted by molar-refractivity contribution is 6.04. The fraction of sp³-hybridized carbons (Fsp3) is 0.538. The highest BCUT2D eigenvalue weighted by Gasteiger charge is 2.40. The van der Waals surface area contributed by atoms with Gasteiger partial charge in [0.2, 0.25) is 11.9 Å². The predicted octanol–water partition coefficient (Wildman–Crippen LogP) is 1.80. The van der Waals surface area contributed by atoms with E-state index in [0.29, 0.717) is 35.1 Å². The van der Waals surface area contributed by atoms with Gasteiger partial charge in [-0.15, -0.1) is 0 Å². The number of aliphatic hydroxyl groups is 1. The molecule has 1 aliphatic carbocycles. The SMILES string of the molecule is CC[C@@H]1C(=O)N(C)c2cnc(Nc3ccc(C(=O)NC4CC4)cc3OCCO)nc2N1C1CCNCC1. The lowest BCUT2D eigenvalue weighted by atomic mass is 9.98. The van der Waals surface area contributed by atoms with Crippen LogP contribution in [0.4, 0.5) is 23.1 Å². The van der Waals surface area contributed by atoms with Crippen molar-refractivity contribution in [1.82, 2.24) is 20.6 Å². The van der Waals surface area contributed by atoms with Gasteiger partial charge in [-0.25, -0.2) is 4.98 Å². The molecule has 3 heterocycles. The van der Waals surface area contributed by atoms with Crippen molar-refractivity contribution in [3.63, 3.8) is 0 Å². The standard InChI is InChI=1S/C26H35N7O4/c1-3-20-25(36)32(2)21-15-28-26(31-23(21)33(20)18-8-10-27-11-9-18)30-19-7-4-16(14-22(19)37-13-12-34)24(35)29-17-5-6-17/h4,7,14-15,17-18,20,27,34H,3,5-6,8-13H2,1-2H3,(H,29,35)(H,28,30,31)/t20-/m1/s1. The van der Waals surface area contributed by atoms with Crippen LogP contribution in [0.3, 0.4) is 0 Å². The zero-order chi connectivity index (χ0) is 25.9. The number of rotatable bonds is 9. The molecule has 5 rings (SSSR count). The molecule has 0 radical (unpaired) electrons. The van der Waals surface area contributed by atoms with Crippen molar-refractivity contribution in [2.45, 2.75) is 57.2 Å². The van der Waals surface area contributed by atoms with Gasteiger partial charge in [0.25, 0.3) is 5.91 Å². The summed E-state index contributed by atoms with van der Waals surface area (Å²) in [4.78, 5) is 38.9. The van der Waals surface area contributed by atoms with E-state index in [1.807, 2.05) is 6.92 Å². The van der Waals surface area contributed by atoms with E-state index in [4.69, 9.17) is 9.72 Å². The summed E-state index contributed by atoms with van der Waals surface area (Å²) in [6.45, 7) is 3.76. The number of fused-ring (bicyclic) bond motifs is 1. The van der Waals surface area contributed by atoms with Gasteiger partial charge in [0.15, 0.2) is 5.82 Å². The third-order valence-corrected chi connectivity index (χ3v) is 7.15. The summed E-state index contributed by atoms with van der Waals surface area (Å²) in [5, 5.41) is 18.9. The first-order valence-corrected chi connectivity index (χ1v) is 13.1. The number of carbonyl (C=O) groups excluding carboxylic acids is 2. The molecule has 0 bridgehead atoms. The number of benzene rings is 1. The van der Waals surface area contributed by atoms with Crippen molar-refractivity contribution in [2.24, 2.45) is 0 Å². The van der Waals surface area contributed by atoms with Crippen LogP contribution in [0.1, 0.15) is 49.4 Å². The van der Waals surface area contributed by atoms with Crippen molar-refractivity contribution in [1.29, 1.82) is 0 Å². The number of aromatic nitrogens is 2. The van der Waals surface area contributed by atoms with Crippen LogP contribution >= 0.6 is 0 Å². The van der Waals surface area contributed by atoms with Gasteiger partial charge in [-0.1, -0.05) is 6.92 Å². The summed E-state index contributed by atoms with van der Waals surface area (Å²) >= 11 is 0. The van der Waals surface area contributed by atoms with Gasteiger partial charge in [0, 0.05) is 24.7 Å². The molecule has 1 aromatic carbocycles. The van der Waals surface area contributed by atoms with E-state index in [-0.39, 0.29) is 43.2 Å². The largest absolute Gasteiger partial charge is 0.489 e. The number of carbonyl (C=O) groups is 2. The molecule has 1 saturated carbocycles. The number of nitrogens with zero attached hydrogens (tertiary/aromatic N) is 4. The maximum absolute atomic E-state index is 13.2. The molecule has 1 aromatic heterocycles. The molecule has 2 fully saturated rings. The van der Waals surface area contributed by atoms with E-state index in [1.165, 1.54) is 0 Å². The second kappa shape index (κ2) is 10.9. The highest BCUT2D eigenvalue weighted by Crippen LogP contribution is 2.38. The molecule has 11 heteroatoms.